The zero-order valence-corrected chi connectivity index (χ0v) is 9.30. The number of nitrogens with one attached hydrogen (secondary N) is 1. The molecule has 1 aliphatic carbocycles. The Bertz CT molecular complexity index is 406. The highest BCUT2D eigenvalue weighted by atomic mass is 19.1. The summed E-state index contributed by atoms with van der Waals surface area (Å²) in [7, 11) is 0. The summed E-state index contributed by atoms with van der Waals surface area (Å²) >= 11 is 0. The molecule has 0 aromatic heterocycles. The van der Waals surface area contributed by atoms with Gasteiger partial charge in [-0.1, -0.05) is 13.8 Å². The van der Waals surface area contributed by atoms with Gasteiger partial charge in [-0.05, 0) is 18.6 Å². The Hall–Kier alpha value is -1.16. The van der Waals surface area contributed by atoms with Crippen LogP contribution < -0.4 is 5.32 Å². The monoisotopic (exact) mass is 227 g/mol. The molecule has 1 fully saturated rings. The molecule has 1 aliphatic rings. The third-order valence-electron chi connectivity index (χ3n) is 3.48. The number of rotatable bonds is 2. The molecule has 0 aliphatic heterocycles. The molecule has 2 rings (SSSR count). The van der Waals surface area contributed by atoms with Crippen LogP contribution in [0.25, 0.3) is 0 Å². The largest absolute Gasteiger partial charge is 0.392 e. The van der Waals surface area contributed by atoms with Gasteiger partial charge in [0.2, 0.25) is 0 Å². The molecule has 1 aromatic carbocycles. The van der Waals surface area contributed by atoms with Crippen LogP contribution in [-0.2, 0) is 0 Å². The summed E-state index contributed by atoms with van der Waals surface area (Å²) in [5.41, 5.74) is 0.00672. The number of anilines is 1. The highest BCUT2D eigenvalue weighted by molar-refractivity contribution is 5.46. The van der Waals surface area contributed by atoms with Gasteiger partial charge >= 0.3 is 0 Å². The fourth-order valence-corrected chi connectivity index (χ4v) is 1.94. The summed E-state index contributed by atoms with van der Waals surface area (Å²) in [5, 5.41) is 12.5. The molecular weight excluding hydrogens is 212 g/mol. The highest BCUT2D eigenvalue weighted by Crippen LogP contribution is 2.42. The first-order valence-electron chi connectivity index (χ1n) is 5.31. The van der Waals surface area contributed by atoms with Gasteiger partial charge in [-0.3, -0.25) is 0 Å². The predicted octanol–water partition coefficient (Wildman–Crippen LogP) is 2.54. The van der Waals surface area contributed by atoms with Gasteiger partial charge in [0.05, 0.1) is 11.8 Å². The number of benzene rings is 1. The van der Waals surface area contributed by atoms with Crippen LogP contribution in [0, 0.1) is 17.0 Å². The van der Waals surface area contributed by atoms with Gasteiger partial charge < -0.3 is 10.4 Å². The molecular formula is C12H15F2NO. The molecule has 1 aromatic rings. The summed E-state index contributed by atoms with van der Waals surface area (Å²) in [6.07, 6.45) is 0.220. The van der Waals surface area contributed by atoms with Crippen LogP contribution in [0.15, 0.2) is 18.2 Å². The minimum Gasteiger partial charge on any atom is -0.392 e. The van der Waals surface area contributed by atoms with Gasteiger partial charge in [0, 0.05) is 17.5 Å². The van der Waals surface area contributed by atoms with Crippen molar-refractivity contribution < 1.29 is 13.9 Å². The van der Waals surface area contributed by atoms with E-state index in [-0.39, 0.29) is 23.2 Å². The van der Waals surface area contributed by atoms with Crippen LogP contribution >= 0.6 is 0 Å². The van der Waals surface area contributed by atoms with Crippen molar-refractivity contribution in [3.05, 3.63) is 29.8 Å². The van der Waals surface area contributed by atoms with E-state index in [4.69, 9.17) is 0 Å². The van der Waals surface area contributed by atoms with E-state index in [1.54, 1.807) is 0 Å². The molecule has 4 heteroatoms. The van der Waals surface area contributed by atoms with Crippen LogP contribution in [-0.4, -0.2) is 17.3 Å². The van der Waals surface area contributed by atoms with Gasteiger partial charge in [0.15, 0.2) is 0 Å². The Morgan fingerprint density at radius 1 is 1.38 bits per heavy atom. The lowest BCUT2D eigenvalue weighted by molar-refractivity contribution is -0.0511. The molecule has 2 N–H and O–H groups in total. The van der Waals surface area contributed by atoms with Gasteiger partial charge in [-0.15, -0.1) is 0 Å². The summed E-state index contributed by atoms with van der Waals surface area (Å²) in [6.45, 7) is 3.83. The minimum absolute atomic E-state index is 0.0162. The summed E-state index contributed by atoms with van der Waals surface area (Å²) in [6, 6.07) is 3.46. The highest BCUT2D eigenvalue weighted by Gasteiger charge is 2.47. The quantitative estimate of drug-likeness (QED) is 0.813. The lowest BCUT2D eigenvalue weighted by Gasteiger charge is -2.49. The van der Waals surface area contributed by atoms with Crippen molar-refractivity contribution >= 4 is 5.69 Å². The molecule has 0 heterocycles. The van der Waals surface area contributed by atoms with E-state index < -0.39 is 11.6 Å². The van der Waals surface area contributed by atoms with Crippen LogP contribution in [0.3, 0.4) is 0 Å². The number of aliphatic hydroxyl groups is 1. The van der Waals surface area contributed by atoms with Crippen LogP contribution in [0.1, 0.15) is 20.3 Å². The fourth-order valence-electron chi connectivity index (χ4n) is 1.94. The third-order valence-corrected chi connectivity index (χ3v) is 3.48. The molecule has 16 heavy (non-hydrogen) atoms. The van der Waals surface area contributed by atoms with Gasteiger partial charge in [0.25, 0.3) is 0 Å². The second-order valence-corrected chi connectivity index (χ2v) is 4.89. The summed E-state index contributed by atoms with van der Waals surface area (Å²) in [4.78, 5) is 0. The maximum absolute atomic E-state index is 13.4. The Morgan fingerprint density at radius 2 is 2.06 bits per heavy atom. The average Bonchev–Trinajstić information content (AvgIpc) is 2.21. The van der Waals surface area contributed by atoms with Crippen LogP contribution in [0.4, 0.5) is 14.5 Å². The van der Waals surface area contributed by atoms with E-state index in [1.807, 2.05) is 13.8 Å². The number of halogens is 2. The standard InChI is InChI=1S/C12H15F2NO/c1-12(2)10(6-11(12)16)15-9-4-3-7(13)5-8(9)14/h3-5,10-11,15-16H,6H2,1-2H3. The predicted molar refractivity (Wildman–Crippen MR) is 58.2 cm³/mol. The number of aliphatic hydroxyl groups excluding tert-OH is 1. The zero-order chi connectivity index (χ0) is 11.9. The smallest absolute Gasteiger partial charge is 0.149 e. The van der Waals surface area contributed by atoms with E-state index in [0.29, 0.717) is 6.42 Å². The van der Waals surface area contributed by atoms with E-state index in [1.165, 1.54) is 12.1 Å². The van der Waals surface area contributed by atoms with E-state index >= 15 is 0 Å². The Kier molecular flexibility index (Phi) is 2.62. The molecule has 0 bridgehead atoms. The number of hydrogen-bond donors (Lipinski definition) is 2. The first-order valence-corrected chi connectivity index (χ1v) is 5.31. The normalized spacial score (nSPS) is 27.3. The van der Waals surface area contributed by atoms with Crippen molar-refractivity contribution in [3.8, 4) is 0 Å². The Balaban J connectivity index is 2.11. The summed E-state index contributed by atoms with van der Waals surface area (Å²) < 4.78 is 26.0. The second kappa shape index (κ2) is 3.70. The number of hydrogen-bond acceptors (Lipinski definition) is 2. The van der Waals surface area contributed by atoms with E-state index in [2.05, 4.69) is 5.32 Å². The van der Waals surface area contributed by atoms with Crippen molar-refractivity contribution in [2.45, 2.75) is 32.4 Å². The third kappa shape index (κ3) is 1.78. The maximum atomic E-state index is 13.4. The fraction of sp³-hybridized carbons (Fsp3) is 0.500. The van der Waals surface area contributed by atoms with Crippen molar-refractivity contribution in [2.75, 3.05) is 5.32 Å². The van der Waals surface area contributed by atoms with Crippen molar-refractivity contribution in [1.82, 2.24) is 0 Å². The van der Waals surface area contributed by atoms with E-state index in [9.17, 15) is 13.9 Å². The molecule has 0 amide bonds. The van der Waals surface area contributed by atoms with E-state index in [0.717, 1.165) is 6.07 Å². The Labute approximate surface area is 93.3 Å². The molecule has 88 valence electrons. The molecule has 1 saturated carbocycles. The maximum Gasteiger partial charge on any atom is 0.149 e. The average molecular weight is 227 g/mol. The SMILES string of the molecule is CC1(C)C(O)CC1Nc1ccc(F)cc1F. The van der Waals surface area contributed by atoms with Gasteiger partial charge in [0.1, 0.15) is 11.6 Å². The molecule has 0 radical (unpaired) electrons. The van der Waals surface area contributed by atoms with Crippen LogP contribution in [0.5, 0.6) is 0 Å². The first kappa shape index (κ1) is 11.3. The van der Waals surface area contributed by atoms with Gasteiger partial charge in [-0.25, -0.2) is 8.78 Å². The summed E-state index contributed by atoms with van der Waals surface area (Å²) in [5.74, 6) is -1.19. The molecule has 2 atom stereocenters. The Morgan fingerprint density at radius 3 is 2.56 bits per heavy atom. The van der Waals surface area contributed by atoms with Crippen molar-refractivity contribution in [3.63, 3.8) is 0 Å². The molecule has 2 nitrogen and oxygen atoms in total. The van der Waals surface area contributed by atoms with Crippen molar-refractivity contribution in [2.24, 2.45) is 5.41 Å². The minimum atomic E-state index is -0.600. The molecule has 2 unspecified atom stereocenters. The lowest BCUT2D eigenvalue weighted by atomic mass is 9.64. The lowest BCUT2D eigenvalue weighted by Crippen LogP contribution is -2.57. The van der Waals surface area contributed by atoms with Crippen molar-refractivity contribution in [1.29, 1.82) is 0 Å². The zero-order valence-electron chi connectivity index (χ0n) is 9.30. The molecule has 0 spiro atoms. The topological polar surface area (TPSA) is 32.3 Å². The van der Waals surface area contributed by atoms with Crippen LogP contribution in [0.2, 0.25) is 0 Å². The second-order valence-electron chi connectivity index (χ2n) is 4.89. The molecule has 0 saturated heterocycles. The van der Waals surface area contributed by atoms with Gasteiger partial charge in [-0.2, -0.15) is 0 Å². The first-order chi connectivity index (χ1) is 7.41.